The summed E-state index contributed by atoms with van der Waals surface area (Å²) in [5, 5.41) is 11.4. The molecule has 0 bridgehead atoms. The van der Waals surface area contributed by atoms with E-state index in [1.165, 1.54) is 13.3 Å². The zero-order valence-corrected chi connectivity index (χ0v) is 37.6. The van der Waals surface area contributed by atoms with Crippen LogP contribution in [-0.4, -0.2) is 97.3 Å². The fraction of sp³-hybridized carbons (Fsp3) is 0.467. The van der Waals surface area contributed by atoms with Gasteiger partial charge in [-0.15, -0.1) is 0 Å². The number of ether oxygens (including phenoxy) is 5. The standard InChI is InChI=1S/C45H55F3N5O10P/c1-29(2)53(30(3)4)64(60-28-12-25-49)63-39-38(61-41(40(39)59-7)52-27-24-37(54)51-43(52)56)36(15-11-26-50-42(55)45(46,47)48)62-44(31-13-9-8-10-14-31,32-16-20-34(57-5)21-17-32)33-18-22-35(58-6)23-19-33/h8-10,13-14,16-24,27,29-30,36,38-41H,11-12,15,26,28H2,1-7H3,(H,50,55)(H,51,54,56)/t36?,38-,39?,40?,41-,64?/m1/s1. The predicted octanol–water partition coefficient (Wildman–Crippen LogP) is 6.96. The lowest BCUT2D eigenvalue weighted by molar-refractivity contribution is -0.173. The van der Waals surface area contributed by atoms with Gasteiger partial charge in [0.05, 0.1) is 39.4 Å². The van der Waals surface area contributed by atoms with Gasteiger partial charge in [-0.25, -0.2) is 9.46 Å². The van der Waals surface area contributed by atoms with Crippen molar-refractivity contribution in [2.75, 3.05) is 34.5 Å². The second-order valence-corrected chi connectivity index (χ2v) is 16.8. The Bertz CT molecular complexity index is 2200. The van der Waals surface area contributed by atoms with E-state index in [0.717, 1.165) is 10.6 Å². The molecule has 5 rings (SSSR count). The number of hydrogen-bond acceptors (Lipinski definition) is 12. The molecule has 0 spiro atoms. The highest BCUT2D eigenvalue weighted by Crippen LogP contribution is 2.52. The van der Waals surface area contributed by atoms with Gasteiger partial charge in [0.2, 0.25) is 0 Å². The van der Waals surface area contributed by atoms with Crippen molar-refractivity contribution in [3.63, 3.8) is 0 Å². The molecule has 4 aromatic rings. The van der Waals surface area contributed by atoms with E-state index in [1.54, 1.807) is 38.5 Å². The molecule has 0 aliphatic carbocycles. The summed E-state index contributed by atoms with van der Waals surface area (Å²) < 4.78 is 88.3. The zero-order valence-electron chi connectivity index (χ0n) is 36.7. The molecule has 4 unspecified atom stereocenters. The zero-order chi connectivity index (χ0) is 46.6. The number of methoxy groups -OCH3 is 3. The number of hydrogen-bond donors (Lipinski definition) is 2. The second-order valence-electron chi connectivity index (χ2n) is 15.4. The first-order valence-corrected chi connectivity index (χ1v) is 21.8. The number of H-pyrrole nitrogens is 1. The van der Waals surface area contributed by atoms with Crippen molar-refractivity contribution in [3.05, 3.63) is 129 Å². The average Bonchev–Trinajstić information content (AvgIpc) is 3.63. The highest BCUT2D eigenvalue weighted by atomic mass is 31.2. The molecule has 1 aliphatic heterocycles. The van der Waals surface area contributed by atoms with Gasteiger partial charge >= 0.3 is 17.8 Å². The Kier molecular flexibility index (Phi) is 17.7. The molecule has 6 atom stereocenters. The molecule has 3 aromatic carbocycles. The Balaban J connectivity index is 1.77. The molecule has 15 nitrogen and oxygen atoms in total. The summed E-state index contributed by atoms with van der Waals surface area (Å²) in [6.07, 6.45) is -9.71. The first-order valence-electron chi connectivity index (χ1n) is 20.7. The van der Waals surface area contributed by atoms with Crippen molar-refractivity contribution in [1.82, 2.24) is 19.5 Å². The minimum atomic E-state index is -5.11. The third-order valence-corrected chi connectivity index (χ3v) is 12.7. The summed E-state index contributed by atoms with van der Waals surface area (Å²) >= 11 is 0. The maximum Gasteiger partial charge on any atom is 0.471 e. The Labute approximate surface area is 371 Å². The number of alkyl halides is 3. The van der Waals surface area contributed by atoms with Crippen LogP contribution < -0.4 is 26.0 Å². The van der Waals surface area contributed by atoms with Gasteiger partial charge in [0.15, 0.2) is 6.23 Å². The Hall–Kier alpha value is -5.12. The van der Waals surface area contributed by atoms with E-state index in [1.807, 2.05) is 92.3 Å². The highest BCUT2D eigenvalue weighted by Gasteiger charge is 2.54. The van der Waals surface area contributed by atoms with E-state index >= 15 is 0 Å². The number of nitrogens with one attached hydrogen (secondary N) is 2. The number of aromatic nitrogens is 2. The number of aromatic amines is 1. The van der Waals surface area contributed by atoms with Crippen LogP contribution in [0.5, 0.6) is 11.5 Å². The van der Waals surface area contributed by atoms with Crippen molar-refractivity contribution in [3.8, 4) is 17.6 Å². The van der Waals surface area contributed by atoms with Crippen LogP contribution in [0.15, 0.2) is 101 Å². The SMILES string of the molecule is COc1ccc(C(OC(CCCNC(=O)C(F)(F)F)[C@H]2O[C@@H](n3ccc(=O)[nH]c3=O)C(OC)C2OP(OCCC#N)N(C(C)C)C(C)C)(c2ccccc2)c2ccc(OC)cc2)cc1. The molecule has 1 fully saturated rings. The van der Waals surface area contributed by atoms with E-state index < -0.39 is 74.6 Å². The molecule has 1 aromatic heterocycles. The number of halogens is 3. The fourth-order valence-electron chi connectivity index (χ4n) is 7.74. The van der Waals surface area contributed by atoms with E-state index in [4.69, 9.17) is 32.7 Å². The normalized spacial score (nSPS) is 18.8. The van der Waals surface area contributed by atoms with Crippen molar-refractivity contribution in [1.29, 1.82) is 5.26 Å². The monoisotopic (exact) mass is 913 g/mol. The molecule has 0 saturated carbocycles. The van der Waals surface area contributed by atoms with E-state index in [-0.39, 0.29) is 38.0 Å². The van der Waals surface area contributed by atoms with Gasteiger partial charge in [-0.1, -0.05) is 54.6 Å². The van der Waals surface area contributed by atoms with Gasteiger partial charge < -0.3 is 38.0 Å². The van der Waals surface area contributed by atoms with Crippen LogP contribution in [0.3, 0.4) is 0 Å². The number of benzene rings is 3. The lowest BCUT2D eigenvalue weighted by Crippen LogP contribution is -2.48. The lowest BCUT2D eigenvalue weighted by atomic mass is 9.79. The van der Waals surface area contributed by atoms with Crippen LogP contribution in [-0.2, 0) is 33.7 Å². The Morgan fingerprint density at radius 1 is 0.891 bits per heavy atom. The number of rotatable bonds is 22. The largest absolute Gasteiger partial charge is 0.497 e. The predicted molar refractivity (Wildman–Crippen MR) is 232 cm³/mol. The van der Waals surface area contributed by atoms with Crippen LogP contribution >= 0.6 is 8.53 Å². The summed E-state index contributed by atoms with van der Waals surface area (Å²) in [7, 11) is 2.48. The van der Waals surface area contributed by atoms with Gasteiger partial charge in [-0.3, -0.25) is 19.1 Å². The summed E-state index contributed by atoms with van der Waals surface area (Å²) in [6, 6.07) is 26.7. The molecule has 1 aliphatic rings. The van der Waals surface area contributed by atoms with Crippen molar-refractivity contribution >= 4 is 14.4 Å². The number of nitrogens with zero attached hydrogens (tertiary/aromatic N) is 3. The molecule has 0 radical (unpaired) electrons. The van der Waals surface area contributed by atoms with E-state index in [0.29, 0.717) is 28.2 Å². The first-order chi connectivity index (χ1) is 30.6. The molecule has 2 heterocycles. The number of nitriles is 1. The number of carbonyl (C=O) groups is 1. The molecule has 1 amide bonds. The molecular formula is C45H55F3N5O10P. The van der Waals surface area contributed by atoms with Gasteiger partial charge in [0.25, 0.3) is 14.1 Å². The third-order valence-electron chi connectivity index (χ3n) is 10.6. The first kappa shape index (κ1) is 49.9. The smallest absolute Gasteiger partial charge is 0.471 e. The Morgan fingerprint density at radius 3 is 1.97 bits per heavy atom. The highest BCUT2D eigenvalue weighted by molar-refractivity contribution is 7.44. The topological polar surface area (TPSA) is 176 Å². The van der Waals surface area contributed by atoms with Crippen LogP contribution in [0.1, 0.15) is 69.9 Å². The third kappa shape index (κ3) is 11.8. The summed E-state index contributed by atoms with van der Waals surface area (Å²) in [6.45, 7) is 7.47. The molecule has 19 heteroatoms. The van der Waals surface area contributed by atoms with E-state index in [9.17, 15) is 32.8 Å². The van der Waals surface area contributed by atoms with E-state index in [2.05, 4.69) is 11.1 Å². The minimum absolute atomic E-state index is 0.0156. The van der Waals surface area contributed by atoms with Gasteiger partial charge in [0.1, 0.15) is 35.4 Å². The van der Waals surface area contributed by atoms with Crippen LogP contribution in [0.4, 0.5) is 13.2 Å². The molecule has 64 heavy (non-hydrogen) atoms. The van der Waals surface area contributed by atoms with Gasteiger partial charge in [0, 0.05) is 38.0 Å². The Morgan fingerprint density at radius 2 is 1.47 bits per heavy atom. The summed E-state index contributed by atoms with van der Waals surface area (Å²) in [5.41, 5.74) is -1.05. The van der Waals surface area contributed by atoms with Gasteiger partial charge in [-0.2, -0.15) is 18.4 Å². The maximum atomic E-state index is 13.5. The summed E-state index contributed by atoms with van der Waals surface area (Å²) in [4.78, 5) is 40.0. The molecule has 2 N–H and O–H groups in total. The molecular weight excluding hydrogens is 858 g/mol. The van der Waals surface area contributed by atoms with Crippen molar-refractivity contribution in [2.45, 2.75) is 101 Å². The van der Waals surface area contributed by atoms with Crippen LogP contribution in [0.25, 0.3) is 0 Å². The maximum absolute atomic E-state index is 13.5. The number of amides is 1. The van der Waals surface area contributed by atoms with Crippen molar-refractivity contribution in [2.24, 2.45) is 0 Å². The fourth-order valence-corrected chi connectivity index (χ4v) is 9.49. The molecule has 346 valence electrons. The number of carbonyl (C=O) groups excluding carboxylic acids is 1. The van der Waals surface area contributed by atoms with Gasteiger partial charge in [-0.05, 0) is 81.5 Å². The van der Waals surface area contributed by atoms with Crippen molar-refractivity contribution < 1.29 is 50.7 Å². The van der Waals surface area contributed by atoms with Crippen LogP contribution in [0.2, 0.25) is 0 Å². The minimum Gasteiger partial charge on any atom is -0.497 e. The molecule has 1 saturated heterocycles. The average molecular weight is 914 g/mol. The second kappa shape index (κ2) is 22.7. The van der Waals surface area contributed by atoms with Crippen LogP contribution in [0, 0.1) is 11.3 Å². The lowest BCUT2D eigenvalue weighted by Gasteiger charge is -2.42. The quantitative estimate of drug-likeness (QED) is 0.0472. The summed E-state index contributed by atoms with van der Waals surface area (Å²) in [5.74, 6) is -0.976.